The molecule has 3 aromatic rings. The lowest BCUT2D eigenvalue weighted by Gasteiger charge is -2.19. The van der Waals surface area contributed by atoms with E-state index in [0.29, 0.717) is 5.56 Å². The summed E-state index contributed by atoms with van der Waals surface area (Å²) in [5.74, 6) is -0.218. The van der Waals surface area contributed by atoms with Gasteiger partial charge in [0.05, 0.1) is 12.7 Å². The Bertz CT molecular complexity index is 868. The SMILES string of the molecule is COc1ccccc1C(C)c1ccc2ccccc2c1C(=O)O. The molecule has 0 aliphatic carbocycles. The van der Waals surface area contributed by atoms with Crippen molar-refractivity contribution in [2.24, 2.45) is 0 Å². The van der Waals surface area contributed by atoms with Crippen LogP contribution in [-0.4, -0.2) is 18.2 Å². The van der Waals surface area contributed by atoms with Crippen molar-refractivity contribution in [3.63, 3.8) is 0 Å². The van der Waals surface area contributed by atoms with Gasteiger partial charge in [-0.1, -0.05) is 61.5 Å². The first kappa shape index (κ1) is 15.1. The number of rotatable bonds is 4. The van der Waals surface area contributed by atoms with Gasteiger partial charge >= 0.3 is 5.97 Å². The molecule has 0 heterocycles. The summed E-state index contributed by atoms with van der Waals surface area (Å²) < 4.78 is 5.43. The Hall–Kier alpha value is -2.81. The van der Waals surface area contributed by atoms with Gasteiger partial charge in [-0.3, -0.25) is 0 Å². The number of carboxylic acids is 1. The predicted octanol–water partition coefficient (Wildman–Crippen LogP) is 4.70. The summed E-state index contributed by atoms with van der Waals surface area (Å²) in [7, 11) is 1.63. The number of hydrogen-bond acceptors (Lipinski definition) is 2. The zero-order chi connectivity index (χ0) is 16.4. The zero-order valence-corrected chi connectivity index (χ0v) is 13.1. The van der Waals surface area contributed by atoms with Gasteiger partial charge in [-0.25, -0.2) is 4.79 Å². The normalized spacial score (nSPS) is 12.1. The van der Waals surface area contributed by atoms with Crippen LogP contribution in [0.25, 0.3) is 10.8 Å². The molecule has 0 aliphatic rings. The van der Waals surface area contributed by atoms with Gasteiger partial charge in [0.25, 0.3) is 0 Å². The lowest BCUT2D eigenvalue weighted by Crippen LogP contribution is -2.08. The third-order valence-electron chi connectivity index (χ3n) is 4.25. The van der Waals surface area contributed by atoms with Crippen molar-refractivity contribution in [2.75, 3.05) is 7.11 Å². The molecule has 3 aromatic carbocycles. The van der Waals surface area contributed by atoms with Gasteiger partial charge in [-0.2, -0.15) is 0 Å². The summed E-state index contributed by atoms with van der Waals surface area (Å²) in [6.07, 6.45) is 0. The second kappa shape index (κ2) is 6.13. The number of ether oxygens (including phenoxy) is 1. The summed E-state index contributed by atoms with van der Waals surface area (Å²) in [6, 6.07) is 19.2. The molecule has 0 amide bonds. The smallest absolute Gasteiger partial charge is 0.336 e. The number of hydrogen-bond donors (Lipinski definition) is 1. The summed E-state index contributed by atoms with van der Waals surface area (Å²) in [4.78, 5) is 11.9. The van der Waals surface area contributed by atoms with Crippen molar-refractivity contribution in [1.29, 1.82) is 0 Å². The van der Waals surface area contributed by atoms with Crippen LogP contribution in [-0.2, 0) is 0 Å². The highest BCUT2D eigenvalue weighted by molar-refractivity contribution is 6.05. The Morgan fingerprint density at radius 1 is 0.957 bits per heavy atom. The Labute approximate surface area is 135 Å². The molecule has 0 saturated carbocycles. The third-order valence-corrected chi connectivity index (χ3v) is 4.25. The maximum atomic E-state index is 11.9. The molecule has 0 saturated heterocycles. The lowest BCUT2D eigenvalue weighted by molar-refractivity contribution is 0.0697. The van der Waals surface area contributed by atoms with Crippen LogP contribution < -0.4 is 4.74 Å². The highest BCUT2D eigenvalue weighted by Gasteiger charge is 2.21. The summed E-state index contributed by atoms with van der Waals surface area (Å²) in [5.41, 5.74) is 2.13. The van der Waals surface area contributed by atoms with Crippen molar-refractivity contribution >= 4 is 16.7 Å². The van der Waals surface area contributed by atoms with Crippen molar-refractivity contribution < 1.29 is 14.6 Å². The number of methoxy groups -OCH3 is 1. The first-order valence-corrected chi connectivity index (χ1v) is 7.51. The van der Waals surface area contributed by atoms with E-state index in [0.717, 1.165) is 27.6 Å². The maximum absolute atomic E-state index is 11.9. The first-order valence-electron chi connectivity index (χ1n) is 7.51. The summed E-state index contributed by atoms with van der Waals surface area (Å²) in [6.45, 7) is 2.01. The molecule has 0 spiro atoms. The third kappa shape index (κ3) is 2.66. The van der Waals surface area contributed by atoms with Crippen LogP contribution >= 0.6 is 0 Å². The van der Waals surface area contributed by atoms with Crippen LogP contribution in [0.4, 0.5) is 0 Å². The number of fused-ring (bicyclic) bond motifs is 1. The Kier molecular flexibility index (Phi) is 4.02. The topological polar surface area (TPSA) is 46.5 Å². The highest BCUT2D eigenvalue weighted by atomic mass is 16.5. The standard InChI is InChI=1S/C20H18O3/c1-13(15-8-5-6-10-18(15)23-2)16-12-11-14-7-3-4-9-17(14)19(16)20(21)22/h3-13H,1-2H3,(H,21,22). The molecule has 1 unspecified atom stereocenters. The van der Waals surface area contributed by atoms with E-state index in [1.54, 1.807) is 7.11 Å². The fourth-order valence-electron chi connectivity index (χ4n) is 3.08. The van der Waals surface area contributed by atoms with E-state index in [2.05, 4.69) is 0 Å². The van der Waals surface area contributed by atoms with Crippen LogP contribution in [0.5, 0.6) is 5.75 Å². The molecule has 0 fully saturated rings. The molecule has 1 N–H and O–H groups in total. The summed E-state index contributed by atoms with van der Waals surface area (Å²) >= 11 is 0. The predicted molar refractivity (Wildman–Crippen MR) is 91.4 cm³/mol. The molecule has 3 nitrogen and oxygen atoms in total. The van der Waals surface area contributed by atoms with Crippen LogP contribution in [0.15, 0.2) is 60.7 Å². The average molecular weight is 306 g/mol. The van der Waals surface area contributed by atoms with E-state index in [-0.39, 0.29) is 5.92 Å². The molecule has 3 heteroatoms. The number of carboxylic acid groups (broad SMARTS) is 1. The van der Waals surface area contributed by atoms with E-state index in [1.165, 1.54) is 0 Å². The van der Waals surface area contributed by atoms with Gasteiger partial charge in [0.15, 0.2) is 0 Å². The van der Waals surface area contributed by atoms with Gasteiger partial charge in [-0.05, 0) is 22.4 Å². The molecule has 3 rings (SSSR count). The molecule has 0 aromatic heterocycles. The fourth-order valence-corrected chi connectivity index (χ4v) is 3.08. The Balaban J connectivity index is 2.23. The second-order valence-electron chi connectivity index (χ2n) is 5.52. The largest absolute Gasteiger partial charge is 0.496 e. The number of carbonyl (C=O) groups is 1. The average Bonchev–Trinajstić information content (AvgIpc) is 2.59. The molecule has 0 bridgehead atoms. The molecule has 0 aliphatic heterocycles. The van der Waals surface area contributed by atoms with Gasteiger partial charge in [0, 0.05) is 11.5 Å². The highest BCUT2D eigenvalue weighted by Crippen LogP contribution is 2.35. The molecule has 1 atom stereocenters. The Morgan fingerprint density at radius 3 is 2.39 bits per heavy atom. The van der Waals surface area contributed by atoms with Crippen LogP contribution in [0.3, 0.4) is 0 Å². The van der Waals surface area contributed by atoms with Gasteiger partial charge < -0.3 is 9.84 Å². The van der Waals surface area contributed by atoms with Crippen molar-refractivity contribution in [2.45, 2.75) is 12.8 Å². The van der Waals surface area contributed by atoms with E-state index in [1.807, 2.05) is 67.6 Å². The minimum absolute atomic E-state index is 0.0816. The van der Waals surface area contributed by atoms with E-state index in [4.69, 9.17) is 4.74 Å². The van der Waals surface area contributed by atoms with Gasteiger partial charge in [0.2, 0.25) is 0 Å². The zero-order valence-electron chi connectivity index (χ0n) is 13.1. The number of benzene rings is 3. The maximum Gasteiger partial charge on any atom is 0.336 e. The van der Waals surface area contributed by atoms with Gasteiger partial charge in [-0.15, -0.1) is 0 Å². The van der Waals surface area contributed by atoms with Crippen LogP contribution in [0.1, 0.15) is 34.3 Å². The molecule has 0 radical (unpaired) electrons. The van der Waals surface area contributed by atoms with Crippen molar-refractivity contribution in [3.8, 4) is 5.75 Å². The molecule has 116 valence electrons. The fraction of sp³-hybridized carbons (Fsp3) is 0.150. The minimum Gasteiger partial charge on any atom is -0.496 e. The summed E-state index contributed by atoms with van der Waals surface area (Å²) in [5, 5.41) is 11.4. The van der Waals surface area contributed by atoms with Crippen LogP contribution in [0.2, 0.25) is 0 Å². The quantitative estimate of drug-likeness (QED) is 0.760. The number of aromatic carboxylic acids is 1. The molecular weight excluding hydrogens is 288 g/mol. The first-order chi connectivity index (χ1) is 11.1. The van der Waals surface area contributed by atoms with Crippen molar-refractivity contribution in [1.82, 2.24) is 0 Å². The molecular formula is C20H18O3. The molecule has 23 heavy (non-hydrogen) atoms. The minimum atomic E-state index is -0.904. The van der Waals surface area contributed by atoms with E-state index >= 15 is 0 Å². The van der Waals surface area contributed by atoms with E-state index in [9.17, 15) is 9.90 Å². The van der Waals surface area contributed by atoms with Gasteiger partial charge in [0.1, 0.15) is 5.75 Å². The van der Waals surface area contributed by atoms with Crippen molar-refractivity contribution in [3.05, 3.63) is 77.4 Å². The second-order valence-corrected chi connectivity index (χ2v) is 5.52. The van der Waals surface area contributed by atoms with E-state index < -0.39 is 5.97 Å². The monoisotopic (exact) mass is 306 g/mol. The van der Waals surface area contributed by atoms with Crippen LogP contribution in [0, 0.1) is 0 Å². The number of para-hydroxylation sites is 1. The Morgan fingerprint density at radius 2 is 1.65 bits per heavy atom. The lowest BCUT2D eigenvalue weighted by atomic mass is 9.86.